The zero-order valence-corrected chi connectivity index (χ0v) is 20.5. The summed E-state index contributed by atoms with van der Waals surface area (Å²) in [6, 6.07) is 24.1. The Morgan fingerprint density at radius 2 is 1.35 bits per heavy atom. The van der Waals surface area contributed by atoms with E-state index in [0.717, 1.165) is 11.1 Å². The third kappa shape index (κ3) is 7.04. The van der Waals surface area contributed by atoms with Crippen LogP contribution < -0.4 is 16.0 Å². The van der Waals surface area contributed by atoms with E-state index < -0.39 is 26.7 Å². The first-order valence-corrected chi connectivity index (χ1v) is 11.5. The summed E-state index contributed by atoms with van der Waals surface area (Å²) in [5.74, 6) is -1.06. The van der Waals surface area contributed by atoms with Crippen LogP contribution in [0.15, 0.2) is 84.9 Å². The molecule has 1 amide bonds. The van der Waals surface area contributed by atoms with Gasteiger partial charge < -0.3 is 16.0 Å². The molecule has 0 aromatic heterocycles. The Morgan fingerprint density at radius 1 is 0.853 bits per heavy atom. The quantitative estimate of drug-likeness (QED) is 0.121. The summed E-state index contributed by atoms with van der Waals surface area (Å²) in [6.07, 6.45) is -1.18. The Kier molecular flexibility index (Phi) is 8.68. The number of hydrogen-bond donors (Lipinski definition) is 3. The van der Waals surface area contributed by atoms with Gasteiger partial charge in [-0.1, -0.05) is 95.5 Å². The van der Waals surface area contributed by atoms with Crippen LogP contribution in [0.4, 0.5) is 11.4 Å². The lowest BCUT2D eigenvalue weighted by Crippen LogP contribution is -2.57. The second-order valence-electron chi connectivity index (χ2n) is 7.14. The van der Waals surface area contributed by atoms with Crippen LogP contribution in [0.5, 0.6) is 0 Å². The van der Waals surface area contributed by atoms with E-state index in [1.807, 2.05) is 60.7 Å². The minimum Gasteiger partial charge on any atom is -0.339 e. The number of nitrogens with one attached hydrogen (secondary N) is 3. The third-order valence-corrected chi connectivity index (χ3v) is 5.63. The number of anilines is 1. The van der Waals surface area contributed by atoms with Crippen LogP contribution in [0.3, 0.4) is 0 Å². The van der Waals surface area contributed by atoms with E-state index in [1.54, 1.807) is 0 Å². The van der Waals surface area contributed by atoms with E-state index >= 15 is 0 Å². The lowest BCUT2D eigenvalue weighted by Gasteiger charge is -2.29. The molecule has 7 nitrogen and oxygen atoms in total. The number of halogens is 3. The van der Waals surface area contributed by atoms with Gasteiger partial charge in [-0.05, 0) is 35.5 Å². The highest BCUT2D eigenvalue weighted by Crippen LogP contribution is 2.31. The van der Waals surface area contributed by atoms with Gasteiger partial charge >= 0.3 is 0 Å². The van der Waals surface area contributed by atoms with E-state index in [-0.39, 0.29) is 10.8 Å². The number of hydrogen-bond acceptors (Lipinski definition) is 4. The number of rotatable bonds is 7. The molecule has 0 aliphatic heterocycles. The molecule has 0 heterocycles. The Morgan fingerprint density at radius 3 is 1.79 bits per heavy atom. The number of non-ortho nitro benzene ring substituents is 1. The Labute approximate surface area is 216 Å². The van der Waals surface area contributed by atoms with Crippen molar-refractivity contribution in [2.75, 3.05) is 5.32 Å². The SMILES string of the molecule is O=C(N[C@H](NC(=S)Nc1ccc([N+](=O)[O-])cc1)C(Cl)(Cl)Cl)C(c1ccccc1)c1ccccc1. The summed E-state index contributed by atoms with van der Waals surface area (Å²) in [6.45, 7) is 0. The first-order chi connectivity index (χ1) is 16.1. The first-order valence-electron chi connectivity index (χ1n) is 9.94. The molecule has 0 unspecified atom stereocenters. The predicted octanol–water partition coefficient (Wildman–Crippen LogP) is 5.53. The molecule has 0 spiro atoms. The Hall–Kier alpha value is -2.91. The van der Waals surface area contributed by atoms with Gasteiger partial charge in [0.1, 0.15) is 6.17 Å². The summed E-state index contributed by atoms with van der Waals surface area (Å²) in [5, 5.41) is 19.2. The van der Waals surface area contributed by atoms with Gasteiger partial charge in [0, 0.05) is 17.8 Å². The van der Waals surface area contributed by atoms with Crippen molar-refractivity contribution in [1.82, 2.24) is 10.6 Å². The average molecular weight is 538 g/mol. The molecule has 3 N–H and O–H groups in total. The summed E-state index contributed by atoms with van der Waals surface area (Å²) in [7, 11) is 0. The number of amides is 1. The molecule has 34 heavy (non-hydrogen) atoms. The van der Waals surface area contributed by atoms with Crippen molar-refractivity contribution in [1.29, 1.82) is 0 Å². The number of carbonyl (C=O) groups excluding carboxylic acids is 1. The van der Waals surface area contributed by atoms with Crippen LogP contribution in [0.25, 0.3) is 0 Å². The molecule has 0 aliphatic carbocycles. The molecule has 176 valence electrons. The molecule has 0 aliphatic rings. The second-order valence-corrected chi connectivity index (χ2v) is 9.92. The normalized spacial score (nSPS) is 12.0. The Bertz CT molecular complexity index is 1100. The zero-order valence-electron chi connectivity index (χ0n) is 17.5. The molecule has 0 radical (unpaired) electrons. The van der Waals surface area contributed by atoms with Crippen LogP contribution >= 0.6 is 47.0 Å². The lowest BCUT2D eigenvalue weighted by molar-refractivity contribution is -0.384. The highest BCUT2D eigenvalue weighted by atomic mass is 35.6. The zero-order chi connectivity index (χ0) is 24.7. The van der Waals surface area contributed by atoms with Crippen molar-refractivity contribution < 1.29 is 9.72 Å². The maximum absolute atomic E-state index is 13.4. The molecule has 0 fully saturated rings. The molecule has 1 atom stereocenters. The number of nitrogens with zero attached hydrogens (tertiary/aromatic N) is 1. The van der Waals surface area contributed by atoms with Gasteiger partial charge in [-0.15, -0.1) is 0 Å². The van der Waals surface area contributed by atoms with Gasteiger partial charge in [-0.2, -0.15) is 0 Å². The topological polar surface area (TPSA) is 96.3 Å². The molecular weight excluding hydrogens is 519 g/mol. The number of nitro groups is 1. The minimum atomic E-state index is -1.95. The van der Waals surface area contributed by atoms with Crippen LogP contribution in [0.1, 0.15) is 17.0 Å². The van der Waals surface area contributed by atoms with Gasteiger partial charge in [-0.3, -0.25) is 14.9 Å². The van der Waals surface area contributed by atoms with Gasteiger partial charge in [0.25, 0.3) is 5.69 Å². The number of thiocarbonyl (C=S) groups is 1. The third-order valence-electron chi connectivity index (χ3n) is 4.75. The smallest absolute Gasteiger partial charge is 0.269 e. The molecular formula is C23H19Cl3N4O3S. The van der Waals surface area contributed by atoms with Gasteiger partial charge in [-0.25, -0.2) is 0 Å². The highest BCUT2D eigenvalue weighted by molar-refractivity contribution is 7.80. The largest absolute Gasteiger partial charge is 0.339 e. The number of alkyl halides is 3. The van der Waals surface area contributed by atoms with Crippen molar-refractivity contribution in [3.05, 3.63) is 106 Å². The molecule has 3 rings (SSSR count). The molecule has 11 heteroatoms. The maximum atomic E-state index is 13.4. The predicted molar refractivity (Wildman–Crippen MR) is 139 cm³/mol. The lowest BCUT2D eigenvalue weighted by atomic mass is 9.90. The van der Waals surface area contributed by atoms with E-state index in [9.17, 15) is 14.9 Å². The Balaban J connectivity index is 1.77. The molecule has 3 aromatic rings. The minimum absolute atomic E-state index is 0.0430. The van der Waals surface area contributed by atoms with Crippen molar-refractivity contribution in [2.45, 2.75) is 15.9 Å². The van der Waals surface area contributed by atoms with Gasteiger partial charge in [0.2, 0.25) is 9.70 Å². The molecule has 0 saturated carbocycles. The summed E-state index contributed by atoms with van der Waals surface area (Å²) in [4.78, 5) is 23.7. The van der Waals surface area contributed by atoms with Crippen LogP contribution in [-0.4, -0.2) is 25.9 Å². The summed E-state index contributed by atoms with van der Waals surface area (Å²) >= 11 is 23.7. The van der Waals surface area contributed by atoms with E-state index in [2.05, 4.69) is 16.0 Å². The highest BCUT2D eigenvalue weighted by Gasteiger charge is 2.36. The van der Waals surface area contributed by atoms with E-state index in [0.29, 0.717) is 5.69 Å². The van der Waals surface area contributed by atoms with Crippen molar-refractivity contribution in [3.63, 3.8) is 0 Å². The van der Waals surface area contributed by atoms with E-state index in [4.69, 9.17) is 47.0 Å². The fourth-order valence-corrected chi connectivity index (χ4v) is 3.74. The molecule has 0 bridgehead atoms. The fraction of sp³-hybridized carbons (Fsp3) is 0.130. The van der Waals surface area contributed by atoms with Crippen molar-refractivity contribution in [2.24, 2.45) is 0 Å². The van der Waals surface area contributed by atoms with Crippen molar-refractivity contribution >= 4 is 69.4 Å². The maximum Gasteiger partial charge on any atom is 0.269 e. The number of carbonyl (C=O) groups is 1. The fourth-order valence-electron chi connectivity index (χ4n) is 3.18. The van der Waals surface area contributed by atoms with Crippen LogP contribution in [-0.2, 0) is 4.79 Å². The summed E-state index contributed by atoms with van der Waals surface area (Å²) < 4.78 is -1.95. The van der Waals surface area contributed by atoms with E-state index in [1.165, 1.54) is 24.3 Å². The van der Waals surface area contributed by atoms with Crippen molar-refractivity contribution in [3.8, 4) is 0 Å². The van der Waals surface area contributed by atoms with Gasteiger partial charge in [0.05, 0.1) is 10.8 Å². The molecule has 0 saturated heterocycles. The van der Waals surface area contributed by atoms with Crippen LogP contribution in [0.2, 0.25) is 0 Å². The van der Waals surface area contributed by atoms with Crippen LogP contribution in [0, 0.1) is 10.1 Å². The average Bonchev–Trinajstić information content (AvgIpc) is 2.80. The first kappa shape index (κ1) is 25.7. The van der Waals surface area contributed by atoms with Gasteiger partial charge in [0.15, 0.2) is 5.11 Å². The number of benzene rings is 3. The number of nitro benzene ring substituents is 1. The standard InChI is InChI=1S/C23H19Cl3N4O3S/c24-23(25,26)21(29-22(34)27-17-11-13-18(14-12-17)30(32)33)28-20(31)19(15-7-3-1-4-8-15)16-9-5-2-6-10-16/h1-14,19,21H,(H,28,31)(H2,27,29,34)/t21-/m1/s1. The summed E-state index contributed by atoms with van der Waals surface area (Å²) in [5.41, 5.74) is 1.94. The second kappa shape index (κ2) is 11.5. The monoisotopic (exact) mass is 536 g/mol. The molecule has 3 aromatic carbocycles.